The van der Waals surface area contributed by atoms with E-state index in [4.69, 9.17) is 9.47 Å². The summed E-state index contributed by atoms with van der Waals surface area (Å²) < 4.78 is 14.9. The summed E-state index contributed by atoms with van der Waals surface area (Å²) in [5.41, 5.74) is 0. The number of nitrogens with one attached hydrogen (secondary N) is 1. The van der Waals surface area contributed by atoms with E-state index in [0.717, 1.165) is 24.0 Å². The van der Waals surface area contributed by atoms with Crippen molar-refractivity contribution in [1.29, 1.82) is 0 Å². The Kier molecular flexibility index (Phi) is 3.73. The molecule has 1 N–H and O–H groups in total. The Bertz CT molecular complexity index is 345. The highest BCUT2D eigenvalue weighted by molar-refractivity contribution is 7.09. The fourth-order valence-electron chi connectivity index (χ4n) is 1.64. The predicted molar refractivity (Wildman–Crippen MR) is 62.8 cm³/mol. The van der Waals surface area contributed by atoms with Crippen LogP contribution in [0.2, 0.25) is 0 Å². The van der Waals surface area contributed by atoms with Crippen molar-refractivity contribution in [3.63, 3.8) is 0 Å². The Morgan fingerprint density at radius 1 is 1.62 bits per heavy atom. The van der Waals surface area contributed by atoms with E-state index in [2.05, 4.69) is 21.6 Å². The average molecular weight is 243 g/mol. The molecule has 1 aliphatic heterocycles. The molecule has 1 aliphatic rings. The van der Waals surface area contributed by atoms with Gasteiger partial charge >= 0.3 is 0 Å². The molecule has 0 spiro atoms. The number of rotatable bonds is 4. The van der Waals surface area contributed by atoms with Gasteiger partial charge in [0.2, 0.25) is 5.13 Å². The number of ether oxygens (including phenoxy) is 2. The SMILES string of the molecule is COC(C)c1nsc(NC2CCOC2C)n1. The van der Waals surface area contributed by atoms with Crippen LogP contribution in [0.5, 0.6) is 0 Å². The van der Waals surface area contributed by atoms with Crippen LogP contribution in [0.15, 0.2) is 0 Å². The fourth-order valence-corrected chi connectivity index (χ4v) is 2.35. The van der Waals surface area contributed by atoms with Crippen molar-refractivity contribution in [1.82, 2.24) is 9.36 Å². The van der Waals surface area contributed by atoms with Gasteiger partial charge in [-0.25, -0.2) is 4.98 Å². The highest BCUT2D eigenvalue weighted by Gasteiger charge is 2.25. The zero-order chi connectivity index (χ0) is 11.5. The first-order chi connectivity index (χ1) is 7.70. The van der Waals surface area contributed by atoms with Gasteiger partial charge in [0.15, 0.2) is 5.82 Å². The summed E-state index contributed by atoms with van der Waals surface area (Å²) in [4.78, 5) is 4.39. The summed E-state index contributed by atoms with van der Waals surface area (Å²) in [7, 11) is 1.66. The molecule has 0 bridgehead atoms. The first kappa shape index (κ1) is 11.8. The minimum Gasteiger partial charge on any atom is -0.376 e. The van der Waals surface area contributed by atoms with E-state index in [1.807, 2.05) is 6.92 Å². The Hall–Kier alpha value is -0.720. The highest BCUT2D eigenvalue weighted by Crippen LogP contribution is 2.22. The average Bonchev–Trinajstić information content (AvgIpc) is 2.89. The molecule has 16 heavy (non-hydrogen) atoms. The molecular formula is C10H17N3O2S. The van der Waals surface area contributed by atoms with E-state index in [-0.39, 0.29) is 12.2 Å². The lowest BCUT2D eigenvalue weighted by Crippen LogP contribution is -2.26. The van der Waals surface area contributed by atoms with Crippen molar-refractivity contribution >= 4 is 16.7 Å². The highest BCUT2D eigenvalue weighted by atomic mass is 32.1. The van der Waals surface area contributed by atoms with Gasteiger partial charge in [0.05, 0.1) is 12.1 Å². The second kappa shape index (κ2) is 5.07. The summed E-state index contributed by atoms with van der Waals surface area (Å²) >= 11 is 1.37. The van der Waals surface area contributed by atoms with Gasteiger partial charge in [-0.05, 0) is 20.3 Å². The van der Waals surface area contributed by atoms with Crippen molar-refractivity contribution < 1.29 is 9.47 Å². The monoisotopic (exact) mass is 243 g/mol. The number of methoxy groups -OCH3 is 1. The quantitative estimate of drug-likeness (QED) is 0.874. The van der Waals surface area contributed by atoms with Crippen LogP contribution in [0, 0.1) is 0 Å². The molecule has 90 valence electrons. The first-order valence-corrected chi connectivity index (χ1v) is 6.22. The Morgan fingerprint density at radius 3 is 3.06 bits per heavy atom. The van der Waals surface area contributed by atoms with Gasteiger partial charge < -0.3 is 14.8 Å². The van der Waals surface area contributed by atoms with Gasteiger partial charge in [-0.2, -0.15) is 4.37 Å². The molecule has 3 unspecified atom stereocenters. The number of hydrogen-bond donors (Lipinski definition) is 1. The number of hydrogen-bond acceptors (Lipinski definition) is 6. The summed E-state index contributed by atoms with van der Waals surface area (Å²) in [6.07, 6.45) is 1.21. The topological polar surface area (TPSA) is 56.3 Å². The number of aromatic nitrogens is 2. The van der Waals surface area contributed by atoms with Crippen molar-refractivity contribution in [3.05, 3.63) is 5.82 Å². The third kappa shape index (κ3) is 2.50. The van der Waals surface area contributed by atoms with E-state index < -0.39 is 0 Å². The molecule has 0 amide bonds. The van der Waals surface area contributed by atoms with Gasteiger partial charge in [-0.1, -0.05) is 0 Å². The van der Waals surface area contributed by atoms with Gasteiger partial charge in [0, 0.05) is 25.2 Å². The van der Waals surface area contributed by atoms with E-state index in [1.54, 1.807) is 7.11 Å². The molecule has 1 aromatic rings. The van der Waals surface area contributed by atoms with Gasteiger partial charge in [0.25, 0.3) is 0 Å². The summed E-state index contributed by atoms with van der Waals surface area (Å²) in [6.45, 7) is 4.83. The molecule has 0 aliphatic carbocycles. The second-order valence-electron chi connectivity index (χ2n) is 3.95. The molecule has 2 heterocycles. The number of nitrogens with zero attached hydrogens (tertiary/aromatic N) is 2. The molecule has 0 radical (unpaired) electrons. The molecular weight excluding hydrogens is 226 g/mol. The van der Waals surface area contributed by atoms with E-state index in [0.29, 0.717) is 6.04 Å². The van der Waals surface area contributed by atoms with Crippen LogP contribution in [0.4, 0.5) is 5.13 Å². The predicted octanol–water partition coefficient (Wildman–Crippen LogP) is 1.83. The fraction of sp³-hybridized carbons (Fsp3) is 0.800. The lowest BCUT2D eigenvalue weighted by molar-refractivity contribution is 0.113. The molecule has 0 saturated carbocycles. The zero-order valence-corrected chi connectivity index (χ0v) is 10.6. The van der Waals surface area contributed by atoms with E-state index >= 15 is 0 Å². The minimum atomic E-state index is -0.0518. The van der Waals surface area contributed by atoms with Crippen molar-refractivity contribution in [2.45, 2.75) is 38.5 Å². The maximum absolute atomic E-state index is 5.48. The van der Waals surface area contributed by atoms with Crippen LogP contribution < -0.4 is 5.32 Å². The normalized spacial score (nSPS) is 26.9. The molecule has 6 heteroatoms. The second-order valence-corrected chi connectivity index (χ2v) is 4.70. The maximum atomic E-state index is 5.48. The summed E-state index contributed by atoms with van der Waals surface area (Å²) in [5.74, 6) is 0.738. The molecule has 1 aromatic heterocycles. The molecule has 1 fully saturated rings. The molecule has 0 aromatic carbocycles. The number of anilines is 1. The third-order valence-electron chi connectivity index (χ3n) is 2.84. The Morgan fingerprint density at radius 2 is 2.44 bits per heavy atom. The molecule has 2 rings (SSSR count). The Labute approximate surface area is 99.3 Å². The summed E-state index contributed by atoms with van der Waals surface area (Å²) in [6, 6.07) is 0.346. The first-order valence-electron chi connectivity index (χ1n) is 5.45. The van der Waals surface area contributed by atoms with Crippen LogP contribution in [-0.4, -0.2) is 35.2 Å². The van der Waals surface area contributed by atoms with Gasteiger partial charge in [-0.15, -0.1) is 0 Å². The lowest BCUT2D eigenvalue weighted by atomic mass is 10.2. The Balaban J connectivity index is 1.97. The van der Waals surface area contributed by atoms with Crippen molar-refractivity contribution in [2.24, 2.45) is 0 Å². The van der Waals surface area contributed by atoms with Crippen molar-refractivity contribution in [2.75, 3.05) is 19.0 Å². The van der Waals surface area contributed by atoms with Gasteiger partial charge in [-0.3, -0.25) is 0 Å². The minimum absolute atomic E-state index is 0.0518. The maximum Gasteiger partial charge on any atom is 0.202 e. The van der Waals surface area contributed by atoms with Gasteiger partial charge in [0.1, 0.15) is 6.10 Å². The lowest BCUT2D eigenvalue weighted by Gasteiger charge is -2.14. The summed E-state index contributed by atoms with van der Waals surface area (Å²) in [5, 5.41) is 4.20. The van der Waals surface area contributed by atoms with Crippen LogP contribution >= 0.6 is 11.5 Å². The van der Waals surface area contributed by atoms with Crippen LogP contribution in [0.25, 0.3) is 0 Å². The van der Waals surface area contributed by atoms with E-state index in [1.165, 1.54) is 11.5 Å². The van der Waals surface area contributed by atoms with Crippen LogP contribution in [0.1, 0.15) is 32.2 Å². The van der Waals surface area contributed by atoms with Crippen molar-refractivity contribution in [3.8, 4) is 0 Å². The third-order valence-corrected chi connectivity index (χ3v) is 3.50. The van der Waals surface area contributed by atoms with Crippen LogP contribution in [-0.2, 0) is 9.47 Å². The molecule has 1 saturated heterocycles. The van der Waals surface area contributed by atoms with E-state index in [9.17, 15) is 0 Å². The standard InChI is InChI=1S/C10H17N3O2S/c1-6-8(4-5-15-6)11-10-12-9(13-16-10)7(2)14-3/h6-8H,4-5H2,1-3H3,(H,11,12,13). The largest absolute Gasteiger partial charge is 0.376 e. The molecule has 3 atom stereocenters. The molecule has 5 nitrogen and oxygen atoms in total. The van der Waals surface area contributed by atoms with Crippen LogP contribution in [0.3, 0.4) is 0 Å². The zero-order valence-electron chi connectivity index (χ0n) is 9.77. The smallest absolute Gasteiger partial charge is 0.202 e.